The van der Waals surface area contributed by atoms with E-state index in [1.807, 2.05) is 12.1 Å². The lowest BCUT2D eigenvalue weighted by atomic mass is 10.5. The third-order valence-corrected chi connectivity index (χ3v) is 1.28. The summed E-state index contributed by atoms with van der Waals surface area (Å²) in [6.45, 7) is 0. The van der Waals surface area contributed by atoms with Gasteiger partial charge >= 0.3 is 0 Å². The first kappa shape index (κ1) is 6.42. The van der Waals surface area contributed by atoms with Gasteiger partial charge in [-0.3, -0.25) is 0 Å². The molecule has 0 unspecified atom stereocenters. The van der Waals surface area contributed by atoms with Crippen molar-refractivity contribution < 1.29 is 4.74 Å². The second-order valence-electron chi connectivity index (χ2n) is 1.53. The van der Waals surface area contributed by atoms with Crippen LogP contribution in [0, 0.1) is 0 Å². The molecular weight excluding hydrogens is 134 g/mol. The lowest BCUT2D eigenvalue weighted by Crippen LogP contribution is -1.86. The van der Waals surface area contributed by atoms with Crippen molar-refractivity contribution in [2.45, 2.75) is 4.90 Å². The molecule has 0 aliphatic carbocycles. The van der Waals surface area contributed by atoms with Crippen LogP contribution in [-0.2, 0) is 0 Å². The molecule has 0 radical (unpaired) electrons. The fourth-order valence-corrected chi connectivity index (χ4v) is 0.775. The van der Waals surface area contributed by atoms with E-state index in [-0.39, 0.29) is 0 Å². The zero-order valence-electron chi connectivity index (χ0n) is 5.03. The van der Waals surface area contributed by atoms with Crippen LogP contribution >= 0.6 is 12.6 Å². The highest BCUT2D eigenvalue weighted by atomic mass is 32.1. The van der Waals surface area contributed by atoms with E-state index in [0.29, 0.717) is 5.88 Å². The van der Waals surface area contributed by atoms with Crippen LogP contribution in [0.3, 0.4) is 0 Å². The highest BCUT2D eigenvalue weighted by molar-refractivity contribution is 7.80. The summed E-state index contributed by atoms with van der Waals surface area (Å²) in [6.07, 6.45) is 1.67. The van der Waals surface area contributed by atoms with Gasteiger partial charge in [0.2, 0.25) is 5.88 Å². The van der Waals surface area contributed by atoms with Crippen LogP contribution in [0.1, 0.15) is 0 Å². The summed E-state index contributed by atoms with van der Waals surface area (Å²) in [5, 5.41) is 0. The van der Waals surface area contributed by atoms with Crippen molar-refractivity contribution in [3.63, 3.8) is 0 Å². The van der Waals surface area contributed by atoms with Crippen molar-refractivity contribution in [2.24, 2.45) is 0 Å². The Morgan fingerprint density at radius 3 is 2.89 bits per heavy atom. The van der Waals surface area contributed by atoms with E-state index in [1.54, 1.807) is 13.3 Å². The van der Waals surface area contributed by atoms with E-state index in [2.05, 4.69) is 17.6 Å². The molecule has 0 fully saturated rings. The summed E-state index contributed by atoms with van der Waals surface area (Å²) in [5.41, 5.74) is 0. The zero-order valence-corrected chi connectivity index (χ0v) is 5.93. The summed E-state index contributed by atoms with van der Waals surface area (Å²) >= 11 is 4.09. The third kappa shape index (κ3) is 1.36. The van der Waals surface area contributed by atoms with Crippen molar-refractivity contribution in [2.75, 3.05) is 7.11 Å². The van der Waals surface area contributed by atoms with Gasteiger partial charge in [-0.05, 0) is 12.1 Å². The maximum absolute atomic E-state index is 4.86. The Kier molecular flexibility index (Phi) is 1.95. The molecule has 0 atom stereocenters. The minimum atomic E-state index is 0.570. The topological polar surface area (TPSA) is 22.1 Å². The number of hydrogen-bond donors (Lipinski definition) is 1. The molecule has 1 aromatic rings. The lowest BCUT2D eigenvalue weighted by molar-refractivity contribution is 0.387. The molecule has 0 aliphatic heterocycles. The molecule has 1 heterocycles. The van der Waals surface area contributed by atoms with Gasteiger partial charge in [0, 0.05) is 6.20 Å². The van der Waals surface area contributed by atoms with E-state index in [1.165, 1.54) is 0 Å². The second-order valence-corrected chi connectivity index (χ2v) is 2.01. The minimum absolute atomic E-state index is 0.570. The standard InChI is InChI=1S/C6H7NOS/c1-8-6-5(9)3-2-4-7-6/h2-4,9H,1H3. The van der Waals surface area contributed by atoms with Crippen molar-refractivity contribution in [3.8, 4) is 5.88 Å². The van der Waals surface area contributed by atoms with Gasteiger partial charge in [0.15, 0.2) is 0 Å². The molecule has 0 saturated heterocycles. The summed E-state index contributed by atoms with van der Waals surface area (Å²) in [7, 11) is 1.57. The maximum atomic E-state index is 4.86. The van der Waals surface area contributed by atoms with Crippen LogP contribution in [-0.4, -0.2) is 12.1 Å². The monoisotopic (exact) mass is 141 g/mol. The Morgan fingerprint density at radius 2 is 2.44 bits per heavy atom. The number of rotatable bonds is 1. The Balaban J connectivity index is 3.01. The number of aromatic nitrogens is 1. The van der Waals surface area contributed by atoms with Crippen LogP contribution < -0.4 is 4.74 Å². The van der Waals surface area contributed by atoms with Gasteiger partial charge in [-0.2, -0.15) is 0 Å². The first-order valence-electron chi connectivity index (χ1n) is 2.52. The number of ether oxygens (including phenoxy) is 1. The minimum Gasteiger partial charge on any atom is -0.480 e. The van der Waals surface area contributed by atoms with Gasteiger partial charge in [0.25, 0.3) is 0 Å². The van der Waals surface area contributed by atoms with Crippen molar-refractivity contribution >= 4 is 12.6 Å². The molecule has 2 nitrogen and oxygen atoms in total. The number of methoxy groups -OCH3 is 1. The summed E-state index contributed by atoms with van der Waals surface area (Å²) in [5.74, 6) is 0.570. The molecule has 1 rings (SSSR count). The molecule has 0 saturated carbocycles. The summed E-state index contributed by atoms with van der Waals surface area (Å²) in [6, 6.07) is 3.64. The zero-order chi connectivity index (χ0) is 6.69. The van der Waals surface area contributed by atoms with Crippen molar-refractivity contribution in [1.82, 2.24) is 4.98 Å². The average molecular weight is 141 g/mol. The molecule has 3 heteroatoms. The number of hydrogen-bond acceptors (Lipinski definition) is 3. The Hall–Kier alpha value is -0.700. The lowest BCUT2D eigenvalue weighted by Gasteiger charge is -1.98. The Morgan fingerprint density at radius 1 is 1.67 bits per heavy atom. The highest BCUT2D eigenvalue weighted by Crippen LogP contribution is 2.16. The molecule has 0 N–H and O–H groups in total. The molecule has 9 heavy (non-hydrogen) atoms. The van der Waals surface area contributed by atoms with E-state index in [4.69, 9.17) is 4.74 Å². The number of nitrogens with zero attached hydrogens (tertiary/aromatic N) is 1. The predicted octanol–water partition coefficient (Wildman–Crippen LogP) is 1.38. The molecule has 0 spiro atoms. The fraction of sp³-hybridized carbons (Fsp3) is 0.167. The average Bonchev–Trinajstić information content (AvgIpc) is 1.89. The normalized spacial score (nSPS) is 9.11. The fourth-order valence-electron chi connectivity index (χ4n) is 0.540. The van der Waals surface area contributed by atoms with Crippen molar-refractivity contribution in [1.29, 1.82) is 0 Å². The van der Waals surface area contributed by atoms with Gasteiger partial charge in [0.1, 0.15) is 0 Å². The maximum Gasteiger partial charge on any atom is 0.226 e. The quantitative estimate of drug-likeness (QED) is 0.597. The highest BCUT2D eigenvalue weighted by Gasteiger charge is 1.94. The predicted molar refractivity (Wildman–Crippen MR) is 38.0 cm³/mol. The third-order valence-electron chi connectivity index (χ3n) is 0.944. The van der Waals surface area contributed by atoms with Gasteiger partial charge in [-0.15, -0.1) is 12.6 Å². The van der Waals surface area contributed by atoms with E-state index < -0.39 is 0 Å². The summed E-state index contributed by atoms with van der Waals surface area (Å²) < 4.78 is 4.86. The smallest absolute Gasteiger partial charge is 0.226 e. The molecule has 48 valence electrons. The molecule has 0 bridgehead atoms. The molecule has 0 aliphatic rings. The van der Waals surface area contributed by atoms with Gasteiger partial charge in [-0.1, -0.05) is 0 Å². The second kappa shape index (κ2) is 2.73. The Labute approximate surface area is 59.3 Å². The van der Waals surface area contributed by atoms with E-state index in [9.17, 15) is 0 Å². The van der Waals surface area contributed by atoms with E-state index in [0.717, 1.165) is 4.90 Å². The van der Waals surface area contributed by atoms with Gasteiger partial charge < -0.3 is 4.74 Å². The van der Waals surface area contributed by atoms with E-state index >= 15 is 0 Å². The molecule has 0 aromatic carbocycles. The molecular formula is C6H7NOS. The first-order chi connectivity index (χ1) is 4.34. The summed E-state index contributed by atoms with van der Waals surface area (Å²) in [4.78, 5) is 4.66. The van der Waals surface area contributed by atoms with Crippen LogP contribution in [0.15, 0.2) is 23.2 Å². The largest absolute Gasteiger partial charge is 0.480 e. The number of pyridine rings is 1. The van der Waals surface area contributed by atoms with Crippen molar-refractivity contribution in [3.05, 3.63) is 18.3 Å². The molecule has 1 aromatic heterocycles. The van der Waals surface area contributed by atoms with Gasteiger partial charge in [-0.25, -0.2) is 4.98 Å². The first-order valence-corrected chi connectivity index (χ1v) is 2.97. The SMILES string of the molecule is COc1ncccc1S. The van der Waals surface area contributed by atoms with Crippen LogP contribution in [0.4, 0.5) is 0 Å². The van der Waals surface area contributed by atoms with Crippen LogP contribution in [0.5, 0.6) is 5.88 Å². The molecule has 0 amide bonds. The van der Waals surface area contributed by atoms with Crippen LogP contribution in [0.2, 0.25) is 0 Å². The number of thiol groups is 1. The van der Waals surface area contributed by atoms with Crippen LogP contribution in [0.25, 0.3) is 0 Å². The Bertz CT molecular complexity index is 202. The van der Waals surface area contributed by atoms with Gasteiger partial charge in [0.05, 0.1) is 12.0 Å².